The van der Waals surface area contributed by atoms with Crippen LogP contribution in [0.5, 0.6) is 0 Å². The Kier molecular flexibility index (Phi) is 2.74. The number of aromatic nitrogens is 2. The maximum atomic E-state index is 7.65. The number of anilines is 1. The number of nitrogens with zero attached hydrogens (tertiary/aromatic N) is 2. The van der Waals surface area contributed by atoms with Gasteiger partial charge in [0.1, 0.15) is 5.82 Å². The zero-order valence-corrected chi connectivity index (χ0v) is 11.3. The van der Waals surface area contributed by atoms with Gasteiger partial charge in [-0.25, -0.2) is 9.66 Å². The summed E-state index contributed by atoms with van der Waals surface area (Å²) in [6.45, 7) is 6.22. The largest absolute Gasteiger partial charge is 0.383 e. The molecule has 0 aliphatic rings. The average molecular weight is 266 g/mol. The molecule has 5 nitrogen and oxygen atoms in total. The Bertz CT molecular complexity index is 681. The highest BCUT2D eigenvalue weighted by atomic mass is 35.5. The maximum absolute atomic E-state index is 7.65. The van der Waals surface area contributed by atoms with Crippen LogP contribution in [0.25, 0.3) is 10.9 Å². The van der Waals surface area contributed by atoms with E-state index in [2.05, 4.69) is 25.8 Å². The molecule has 0 spiro atoms. The second-order valence-corrected chi connectivity index (χ2v) is 5.67. The maximum Gasteiger partial charge on any atom is 0.243 e. The number of hydrogen-bond donors (Lipinski definition) is 3. The minimum absolute atomic E-state index is 0.116. The van der Waals surface area contributed by atoms with E-state index < -0.39 is 0 Å². The van der Waals surface area contributed by atoms with Gasteiger partial charge in [-0.15, -0.1) is 0 Å². The lowest BCUT2D eigenvalue weighted by atomic mass is 9.84. The number of hydrogen-bond acceptors (Lipinski definition) is 4. The van der Waals surface area contributed by atoms with Crippen molar-refractivity contribution in [1.82, 2.24) is 9.66 Å². The van der Waals surface area contributed by atoms with Gasteiger partial charge in [-0.3, -0.25) is 5.41 Å². The molecule has 6 heteroatoms. The second-order valence-electron chi connectivity index (χ2n) is 5.26. The van der Waals surface area contributed by atoms with E-state index in [9.17, 15) is 0 Å². The van der Waals surface area contributed by atoms with Crippen molar-refractivity contribution >= 4 is 28.3 Å². The highest BCUT2D eigenvalue weighted by molar-refractivity contribution is 6.35. The van der Waals surface area contributed by atoms with E-state index in [0.717, 1.165) is 10.2 Å². The van der Waals surface area contributed by atoms with Crippen LogP contribution in [-0.4, -0.2) is 9.66 Å². The minimum Gasteiger partial charge on any atom is -0.383 e. The summed E-state index contributed by atoms with van der Waals surface area (Å²) < 4.78 is 1.06. The van der Waals surface area contributed by atoms with Crippen LogP contribution in [0.1, 0.15) is 26.3 Å². The van der Waals surface area contributed by atoms with Crippen molar-refractivity contribution in [2.75, 3.05) is 11.6 Å². The van der Waals surface area contributed by atoms with Gasteiger partial charge in [0.2, 0.25) is 5.62 Å². The van der Waals surface area contributed by atoms with Gasteiger partial charge in [-0.2, -0.15) is 0 Å². The first-order valence-electron chi connectivity index (χ1n) is 5.54. The van der Waals surface area contributed by atoms with Crippen LogP contribution in [0.2, 0.25) is 5.02 Å². The Hall–Kier alpha value is -1.75. The number of nitrogen functional groups attached to an aromatic ring is 2. The minimum atomic E-state index is -0.118. The molecule has 1 aromatic carbocycles. The van der Waals surface area contributed by atoms with E-state index in [1.54, 1.807) is 6.07 Å². The molecule has 0 saturated carbocycles. The van der Waals surface area contributed by atoms with E-state index in [1.165, 1.54) is 0 Å². The van der Waals surface area contributed by atoms with E-state index in [-0.39, 0.29) is 11.0 Å². The topological polar surface area (TPSA) is 93.7 Å². The van der Waals surface area contributed by atoms with Crippen LogP contribution >= 0.6 is 11.6 Å². The van der Waals surface area contributed by atoms with Crippen LogP contribution in [0.3, 0.4) is 0 Å². The van der Waals surface area contributed by atoms with Gasteiger partial charge in [0, 0.05) is 5.39 Å². The third-order valence-corrected chi connectivity index (χ3v) is 3.20. The molecule has 0 radical (unpaired) electrons. The first kappa shape index (κ1) is 12.7. The first-order chi connectivity index (χ1) is 8.23. The molecule has 2 rings (SSSR count). The van der Waals surface area contributed by atoms with Crippen LogP contribution < -0.4 is 17.2 Å². The molecule has 0 saturated heterocycles. The van der Waals surface area contributed by atoms with Crippen LogP contribution in [0.4, 0.5) is 5.82 Å². The molecule has 0 aliphatic carbocycles. The van der Waals surface area contributed by atoms with E-state index in [1.807, 2.05) is 6.07 Å². The molecule has 0 atom stereocenters. The molecule has 0 fully saturated rings. The van der Waals surface area contributed by atoms with Gasteiger partial charge >= 0.3 is 0 Å². The first-order valence-corrected chi connectivity index (χ1v) is 5.92. The summed E-state index contributed by atoms with van der Waals surface area (Å²) in [5, 5.41) is 8.84. The zero-order chi connectivity index (χ0) is 13.7. The number of nitrogens with two attached hydrogens (primary N) is 2. The molecule has 0 unspecified atom stereocenters. The molecule has 5 N–H and O–H groups in total. The number of fused-ring (bicyclic) bond motifs is 1. The standard InChI is InChI=1S/C12H16ClN5/c1-12(2,3)6-4-5-7(13)9-8(6)10(14)18(16)11(15)17-9/h4-5,15H,14,16H2,1-3H3. The molecule has 18 heavy (non-hydrogen) atoms. The molecule has 2 aromatic rings. The quantitative estimate of drug-likeness (QED) is 0.634. The van der Waals surface area contributed by atoms with Crippen LogP contribution in [0.15, 0.2) is 12.1 Å². The molecule has 0 aliphatic heterocycles. The number of nitrogens with one attached hydrogen (secondary N) is 1. The Morgan fingerprint density at radius 3 is 2.50 bits per heavy atom. The van der Waals surface area contributed by atoms with Crippen molar-refractivity contribution in [2.45, 2.75) is 26.2 Å². The SMILES string of the molecule is CC(C)(C)c1ccc(Cl)c2nc(=N)n(N)c(N)c12. The monoisotopic (exact) mass is 265 g/mol. The summed E-state index contributed by atoms with van der Waals surface area (Å²) >= 11 is 6.12. The molecule has 96 valence electrons. The predicted octanol–water partition coefficient (Wildman–Crippen LogP) is 1.76. The summed E-state index contributed by atoms with van der Waals surface area (Å²) in [6, 6.07) is 3.70. The Morgan fingerprint density at radius 2 is 1.94 bits per heavy atom. The number of halogens is 1. The van der Waals surface area contributed by atoms with Crippen LogP contribution in [0, 0.1) is 5.41 Å². The third kappa shape index (κ3) is 1.80. The van der Waals surface area contributed by atoms with Gasteiger partial charge in [0.05, 0.1) is 10.5 Å². The summed E-state index contributed by atoms with van der Waals surface area (Å²) in [4.78, 5) is 4.10. The third-order valence-electron chi connectivity index (χ3n) is 2.90. The molecule has 1 aromatic heterocycles. The van der Waals surface area contributed by atoms with Crippen molar-refractivity contribution in [2.24, 2.45) is 0 Å². The van der Waals surface area contributed by atoms with Crippen molar-refractivity contribution in [3.63, 3.8) is 0 Å². The number of benzene rings is 1. The lowest BCUT2D eigenvalue weighted by Crippen LogP contribution is -2.32. The second kappa shape index (κ2) is 3.88. The predicted molar refractivity (Wildman–Crippen MR) is 73.9 cm³/mol. The molecular formula is C12H16ClN5. The average Bonchev–Trinajstić information content (AvgIpc) is 2.26. The van der Waals surface area contributed by atoms with E-state index in [4.69, 9.17) is 28.6 Å². The molecule has 0 bridgehead atoms. The van der Waals surface area contributed by atoms with Gasteiger partial charge in [-0.05, 0) is 17.0 Å². The summed E-state index contributed by atoms with van der Waals surface area (Å²) in [5.74, 6) is 6.01. The van der Waals surface area contributed by atoms with Crippen molar-refractivity contribution in [1.29, 1.82) is 5.41 Å². The summed E-state index contributed by atoms with van der Waals surface area (Å²) in [5.41, 5.74) is 7.30. The Morgan fingerprint density at radius 1 is 1.33 bits per heavy atom. The summed E-state index contributed by atoms with van der Waals surface area (Å²) in [7, 11) is 0. The fourth-order valence-corrected chi connectivity index (χ4v) is 2.15. The Labute approximate surface area is 110 Å². The van der Waals surface area contributed by atoms with Gasteiger partial charge in [0.15, 0.2) is 0 Å². The lowest BCUT2D eigenvalue weighted by Gasteiger charge is -2.22. The van der Waals surface area contributed by atoms with Gasteiger partial charge in [0.25, 0.3) is 0 Å². The van der Waals surface area contributed by atoms with E-state index >= 15 is 0 Å². The smallest absolute Gasteiger partial charge is 0.243 e. The molecule has 1 heterocycles. The van der Waals surface area contributed by atoms with Crippen molar-refractivity contribution in [3.8, 4) is 0 Å². The lowest BCUT2D eigenvalue weighted by molar-refractivity contribution is 0.595. The normalized spacial score (nSPS) is 12.0. The molecule has 0 amide bonds. The van der Waals surface area contributed by atoms with Gasteiger partial charge < -0.3 is 11.6 Å². The highest BCUT2D eigenvalue weighted by Gasteiger charge is 2.21. The van der Waals surface area contributed by atoms with Crippen molar-refractivity contribution < 1.29 is 0 Å². The van der Waals surface area contributed by atoms with Crippen LogP contribution in [-0.2, 0) is 5.41 Å². The van der Waals surface area contributed by atoms with Crippen molar-refractivity contribution in [3.05, 3.63) is 28.3 Å². The summed E-state index contributed by atoms with van der Waals surface area (Å²) in [6.07, 6.45) is 0. The fourth-order valence-electron chi connectivity index (χ4n) is 1.95. The molecular weight excluding hydrogens is 250 g/mol. The number of rotatable bonds is 0. The van der Waals surface area contributed by atoms with Gasteiger partial charge in [-0.1, -0.05) is 38.4 Å². The Balaban J connectivity index is 3.06. The van der Waals surface area contributed by atoms with E-state index in [0.29, 0.717) is 21.7 Å². The highest BCUT2D eigenvalue weighted by Crippen LogP contribution is 2.34. The zero-order valence-electron chi connectivity index (χ0n) is 10.6. The fraction of sp³-hybridized carbons (Fsp3) is 0.333.